The van der Waals surface area contributed by atoms with Crippen LogP contribution in [0.5, 0.6) is 10.9 Å². The molecule has 5 heteroatoms. The Hall–Kier alpha value is -2.66. The van der Waals surface area contributed by atoms with Gasteiger partial charge in [0.2, 0.25) is 5.91 Å². The highest BCUT2D eigenvalue weighted by Crippen LogP contribution is 2.23. The first kappa shape index (κ1) is 17.2. The lowest BCUT2D eigenvalue weighted by atomic mass is 10.0. The smallest absolute Gasteiger partial charge is 0.278 e. The molecule has 0 aliphatic carbocycles. The fraction of sp³-hybridized carbons (Fsp3) is 0.200. The summed E-state index contributed by atoms with van der Waals surface area (Å²) in [5.74, 6) is 0.802. The van der Waals surface area contributed by atoms with Crippen LogP contribution < -0.4 is 10.1 Å². The fourth-order valence-corrected chi connectivity index (χ4v) is 2.97. The molecular weight excluding hydrogens is 332 g/mol. The van der Waals surface area contributed by atoms with Crippen molar-refractivity contribution in [3.05, 3.63) is 76.8 Å². The van der Waals surface area contributed by atoms with Crippen LogP contribution in [0.25, 0.3) is 0 Å². The third kappa shape index (κ3) is 5.16. The second-order valence-electron chi connectivity index (χ2n) is 5.75. The summed E-state index contributed by atoms with van der Waals surface area (Å²) in [6, 6.07) is 15.8. The van der Waals surface area contributed by atoms with E-state index in [4.69, 9.17) is 4.74 Å². The van der Waals surface area contributed by atoms with Gasteiger partial charge in [-0.3, -0.25) is 4.79 Å². The first-order valence-corrected chi connectivity index (χ1v) is 9.06. The molecular formula is C20H20N2O2S. The standard InChI is InChI=1S/C20H20N2O2S/c1-15-4-2-3-5-17(15)8-11-19(23)22-14-16-6-9-18(10-7-16)24-20-21-12-13-25-20/h2-7,9-10,12-13H,8,11,14H2,1H3,(H,22,23). The summed E-state index contributed by atoms with van der Waals surface area (Å²) in [5.41, 5.74) is 3.49. The summed E-state index contributed by atoms with van der Waals surface area (Å²) >= 11 is 1.45. The fourth-order valence-electron chi connectivity index (χ4n) is 2.46. The predicted octanol–water partition coefficient (Wildman–Crippen LogP) is 4.49. The van der Waals surface area contributed by atoms with Crippen LogP contribution in [0.3, 0.4) is 0 Å². The van der Waals surface area contributed by atoms with Gasteiger partial charge in [-0.2, -0.15) is 0 Å². The molecule has 1 heterocycles. The van der Waals surface area contributed by atoms with Gasteiger partial charge in [0.15, 0.2) is 0 Å². The molecule has 0 spiro atoms. The third-order valence-electron chi connectivity index (χ3n) is 3.91. The number of hydrogen-bond donors (Lipinski definition) is 1. The summed E-state index contributed by atoms with van der Waals surface area (Å²) in [6.45, 7) is 2.59. The second kappa shape index (κ2) is 8.44. The van der Waals surface area contributed by atoms with Crippen molar-refractivity contribution in [1.82, 2.24) is 10.3 Å². The van der Waals surface area contributed by atoms with Crippen LogP contribution in [0.15, 0.2) is 60.1 Å². The average Bonchev–Trinajstić information content (AvgIpc) is 3.13. The molecule has 25 heavy (non-hydrogen) atoms. The first-order valence-electron chi connectivity index (χ1n) is 8.18. The molecule has 3 aromatic rings. The highest BCUT2D eigenvalue weighted by Gasteiger charge is 2.05. The largest absolute Gasteiger partial charge is 0.431 e. The molecule has 3 rings (SSSR count). The Kier molecular flexibility index (Phi) is 5.80. The van der Waals surface area contributed by atoms with E-state index in [9.17, 15) is 4.79 Å². The molecule has 0 aliphatic rings. The number of benzene rings is 2. The van der Waals surface area contributed by atoms with Gasteiger partial charge in [-0.15, -0.1) is 0 Å². The van der Waals surface area contributed by atoms with E-state index in [-0.39, 0.29) is 5.91 Å². The van der Waals surface area contributed by atoms with Crippen molar-refractivity contribution in [2.75, 3.05) is 0 Å². The minimum atomic E-state index is 0.0614. The van der Waals surface area contributed by atoms with E-state index in [1.165, 1.54) is 22.5 Å². The van der Waals surface area contributed by atoms with Crippen LogP contribution in [0.4, 0.5) is 0 Å². The predicted molar refractivity (Wildman–Crippen MR) is 100.0 cm³/mol. The van der Waals surface area contributed by atoms with Crippen molar-refractivity contribution >= 4 is 17.2 Å². The number of carbonyl (C=O) groups excluding carboxylic acids is 1. The van der Waals surface area contributed by atoms with Gasteiger partial charge in [0, 0.05) is 24.5 Å². The molecule has 0 atom stereocenters. The van der Waals surface area contributed by atoms with Gasteiger partial charge in [-0.25, -0.2) is 4.98 Å². The molecule has 2 aromatic carbocycles. The number of aromatic nitrogens is 1. The quantitative estimate of drug-likeness (QED) is 0.681. The van der Waals surface area contributed by atoms with Crippen LogP contribution in [0, 0.1) is 6.92 Å². The number of thiazole rings is 1. The number of ether oxygens (including phenoxy) is 1. The molecule has 0 unspecified atom stereocenters. The minimum Gasteiger partial charge on any atom is -0.431 e. The van der Waals surface area contributed by atoms with E-state index < -0.39 is 0 Å². The van der Waals surface area contributed by atoms with E-state index in [1.54, 1.807) is 6.20 Å². The Morgan fingerprint density at radius 2 is 1.96 bits per heavy atom. The number of nitrogens with one attached hydrogen (secondary N) is 1. The normalized spacial score (nSPS) is 10.4. The molecule has 0 radical (unpaired) electrons. The highest BCUT2D eigenvalue weighted by atomic mass is 32.1. The molecule has 0 bridgehead atoms. The summed E-state index contributed by atoms with van der Waals surface area (Å²) in [6.07, 6.45) is 2.97. The Morgan fingerprint density at radius 3 is 2.68 bits per heavy atom. The maximum Gasteiger partial charge on any atom is 0.278 e. The summed E-state index contributed by atoms with van der Waals surface area (Å²) < 4.78 is 5.62. The van der Waals surface area contributed by atoms with Crippen molar-refractivity contribution in [2.45, 2.75) is 26.3 Å². The molecule has 1 aromatic heterocycles. The number of hydrogen-bond acceptors (Lipinski definition) is 4. The SMILES string of the molecule is Cc1ccccc1CCC(=O)NCc1ccc(Oc2nccs2)cc1. The zero-order valence-electron chi connectivity index (χ0n) is 14.1. The van der Waals surface area contributed by atoms with Gasteiger partial charge in [-0.1, -0.05) is 47.7 Å². The first-order chi connectivity index (χ1) is 12.2. The van der Waals surface area contributed by atoms with E-state index >= 15 is 0 Å². The second-order valence-corrected chi connectivity index (χ2v) is 6.60. The number of amides is 1. The van der Waals surface area contributed by atoms with Crippen LogP contribution in [0.2, 0.25) is 0 Å². The van der Waals surface area contributed by atoms with E-state index in [1.807, 2.05) is 41.8 Å². The van der Waals surface area contributed by atoms with Crippen LogP contribution in [-0.4, -0.2) is 10.9 Å². The molecule has 4 nitrogen and oxygen atoms in total. The average molecular weight is 352 g/mol. The van der Waals surface area contributed by atoms with Crippen LogP contribution in [0.1, 0.15) is 23.1 Å². The van der Waals surface area contributed by atoms with Gasteiger partial charge in [-0.05, 0) is 42.2 Å². The molecule has 0 saturated heterocycles. The lowest BCUT2D eigenvalue weighted by Gasteiger charge is -2.08. The maximum atomic E-state index is 12.0. The van der Waals surface area contributed by atoms with Crippen LogP contribution in [-0.2, 0) is 17.8 Å². The van der Waals surface area contributed by atoms with E-state index in [2.05, 4.69) is 29.4 Å². The van der Waals surface area contributed by atoms with Crippen LogP contribution >= 0.6 is 11.3 Å². The van der Waals surface area contributed by atoms with Gasteiger partial charge < -0.3 is 10.1 Å². The zero-order chi connectivity index (χ0) is 17.5. The number of aryl methyl sites for hydroxylation is 2. The molecule has 0 aliphatic heterocycles. The Labute approximate surface area is 151 Å². The zero-order valence-corrected chi connectivity index (χ0v) is 14.9. The molecule has 1 amide bonds. The number of rotatable bonds is 7. The Balaban J connectivity index is 1.45. The van der Waals surface area contributed by atoms with Crippen molar-refractivity contribution in [3.63, 3.8) is 0 Å². The topological polar surface area (TPSA) is 51.2 Å². The van der Waals surface area contributed by atoms with Crippen molar-refractivity contribution in [3.8, 4) is 10.9 Å². The lowest BCUT2D eigenvalue weighted by Crippen LogP contribution is -2.23. The van der Waals surface area contributed by atoms with Crippen molar-refractivity contribution in [1.29, 1.82) is 0 Å². The van der Waals surface area contributed by atoms with Gasteiger partial charge in [0.1, 0.15) is 5.75 Å². The van der Waals surface area contributed by atoms with E-state index in [0.29, 0.717) is 18.2 Å². The Bertz CT molecular complexity index is 814. The van der Waals surface area contributed by atoms with E-state index in [0.717, 1.165) is 17.7 Å². The maximum absolute atomic E-state index is 12.0. The van der Waals surface area contributed by atoms with Gasteiger partial charge >= 0.3 is 0 Å². The van der Waals surface area contributed by atoms with Gasteiger partial charge in [0.25, 0.3) is 5.19 Å². The molecule has 1 N–H and O–H groups in total. The summed E-state index contributed by atoms with van der Waals surface area (Å²) in [7, 11) is 0. The van der Waals surface area contributed by atoms with Crippen molar-refractivity contribution in [2.24, 2.45) is 0 Å². The number of nitrogens with zero attached hydrogens (tertiary/aromatic N) is 1. The molecule has 0 saturated carbocycles. The lowest BCUT2D eigenvalue weighted by molar-refractivity contribution is -0.121. The highest BCUT2D eigenvalue weighted by molar-refractivity contribution is 7.11. The van der Waals surface area contributed by atoms with Gasteiger partial charge in [0.05, 0.1) is 0 Å². The van der Waals surface area contributed by atoms with Crippen molar-refractivity contribution < 1.29 is 9.53 Å². The minimum absolute atomic E-state index is 0.0614. The molecule has 0 fully saturated rings. The summed E-state index contributed by atoms with van der Waals surface area (Å²) in [5, 5.41) is 5.46. The monoisotopic (exact) mass is 352 g/mol. The third-order valence-corrected chi connectivity index (χ3v) is 4.56. The molecule has 128 valence electrons. The Morgan fingerprint density at radius 1 is 1.16 bits per heavy atom. The summed E-state index contributed by atoms with van der Waals surface area (Å²) in [4.78, 5) is 16.1. The number of carbonyl (C=O) groups is 1.